The van der Waals surface area contributed by atoms with Crippen molar-refractivity contribution in [1.82, 2.24) is 10.6 Å². The van der Waals surface area contributed by atoms with Gasteiger partial charge >= 0.3 is 0 Å². The van der Waals surface area contributed by atoms with Crippen LogP contribution in [0.5, 0.6) is 0 Å². The number of hydrogen-bond acceptors (Lipinski definition) is 4. The summed E-state index contributed by atoms with van der Waals surface area (Å²) in [7, 11) is -3.76. The van der Waals surface area contributed by atoms with Gasteiger partial charge in [0.2, 0.25) is 5.91 Å². The van der Waals surface area contributed by atoms with E-state index in [4.69, 9.17) is 0 Å². The first kappa shape index (κ1) is 20.5. The highest BCUT2D eigenvalue weighted by atomic mass is 32.2. The molecule has 7 heteroatoms. The molecular weight excluding hydrogens is 379 g/mol. The molecule has 3 rings (SSSR count). The van der Waals surface area contributed by atoms with Gasteiger partial charge in [-0.1, -0.05) is 50.2 Å². The van der Waals surface area contributed by atoms with Crippen LogP contribution in [0.1, 0.15) is 31.9 Å². The Morgan fingerprint density at radius 2 is 1.79 bits per heavy atom. The average Bonchev–Trinajstić information content (AvgIpc) is 3.13. The molecule has 5 nitrogen and oxygen atoms in total. The Morgan fingerprint density at radius 3 is 2.43 bits per heavy atom. The van der Waals surface area contributed by atoms with E-state index in [0.717, 1.165) is 0 Å². The van der Waals surface area contributed by atoms with Crippen LogP contribution >= 0.6 is 0 Å². The number of hydrogen-bond donors (Lipinski definition) is 2. The topological polar surface area (TPSA) is 75.3 Å². The normalized spacial score (nSPS) is 22.4. The molecule has 2 N–H and O–H groups in total. The Balaban J connectivity index is 1.95. The second-order valence-electron chi connectivity index (χ2n) is 7.49. The Hall–Kier alpha value is -2.25. The van der Waals surface area contributed by atoms with Crippen LogP contribution in [0, 0.1) is 11.7 Å². The lowest BCUT2D eigenvalue weighted by molar-refractivity contribution is -0.123. The molecule has 0 spiro atoms. The summed E-state index contributed by atoms with van der Waals surface area (Å²) in [5.41, 5.74) is 0.256. The lowest BCUT2D eigenvalue weighted by Gasteiger charge is -2.21. The largest absolute Gasteiger partial charge is 0.354 e. The molecule has 1 saturated heterocycles. The van der Waals surface area contributed by atoms with Gasteiger partial charge in [-0.05, 0) is 30.5 Å². The van der Waals surface area contributed by atoms with Gasteiger partial charge in [-0.3, -0.25) is 10.1 Å². The maximum Gasteiger partial charge on any atom is 0.237 e. The number of nitrogens with one attached hydrogen (secondary N) is 2. The predicted molar refractivity (Wildman–Crippen MR) is 106 cm³/mol. The van der Waals surface area contributed by atoms with Crippen LogP contribution < -0.4 is 10.6 Å². The summed E-state index contributed by atoms with van der Waals surface area (Å²) in [6.45, 7) is 4.46. The number of carbonyl (C=O) groups is 1. The fourth-order valence-corrected chi connectivity index (χ4v) is 5.39. The van der Waals surface area contributed by atoms with E-state index in [-0.39, 0.29) is 28.7 Å². The monoisotopic (exact) mass is 404 g/mol. The van der Waals surface area contributed by atoms with Gasteiger partial charge in [0.15, 0.2) is 9.84 Å². The molecule has 3 unspecified atom stereocenters. The summed E-state index contributed by atoms with van der Waals surface area (Å²) >= 11 is 0. The number of sulfone groups is 1. The summed E-state index contributed by atoms with van der Waals surface area (Å²) in [5.74, 6) is -0.478. The first-order valence-electron chi connectivity index (χ1n) is 9.38. The highest BCUT2D eigenvalue weighted by molar-refractivity contribution is 7.92. The molecule has 1 fully saturated rings. The summed E-state index contributed by atoms with van der Waals surface area (Å²) in [5, 5.41) is 4.96. The first-order valence-corrected chi connectivity index (χ1v) is 10.9. The van der Waals surface area contributed by atoms with Crippen molar-refractivity contribution < 1.29 is 17.6 Å². The highest BCUT2D eigenvalue weighted by Crippen LogP contribution is 2.36. The van der Waals surface area contributed by atoms with Crippen LogP contribution in [-0.2, 0) is 14.6 Å². The second-order valence-corrected chi connectivity index (χ2v) is 9.66. The van der Waals surface area contributed by atoms with E-state index in [1.807, 2.05) is 13.8 Å². The van der Waals surface area contributed by atoms with Gasteiger partial charge in [0.05, 0.1) is 22.2 Å². The number of rotatable bonds is 6. The van der Waals surface area contributed by atoms with Crippen LogP contribution in [0.15, 0.2) is 59.5 Å². The van der Waals surface area contributed by atoms with E-state index in [1.165, 1.54) is 18.2 Å². The van der Waals surface area contributed by atoms with Crippen molar-refractivity contribution in [3.8, 4) is 0 Å². The molecule has 0 aromatic heterocycles. The molecule has 0 radical (unpaired) electrons. The lowest BCUT2D eigenvalue weighted by atomic mass is 10.0. The molecule has 2 aromatic rings. The molecule has 1 amide bonds. The molecule has 28 heavy (non-hydrogen) atoms. The van der Waals surface area contributed by atoms with Crippen LogP contribution in [0.2, 0.25) is 0 Å². The minimum Gasteiger partial charge on any atom is -0.354 e. The summed E-state index contributed by atoms with van der Waals surface area (Å²) in [6.07, 6.45) is 0.0835. The standard InChI is InChI=1S/C21H25FN2O3S/c1-14(2)13-23-21(25)18-12-19(28(26,27)15-8-4-3-5-9-15)20(24-18)16-10-6-7-11-17(16)22/h3-11,14,18-20,24H,12-13H2,1-2H3,(H,23,25). The fraction of sp³-hybridized carbons (Fsp3) is 0.381. The highest BCUT2D eigenvalue weighted by Gasteiger charge is 2.46. The molecule has 2 aromatic carbocycles. The summed E-state index contributed by atoms with van der Waals surface area (Å²) < 4.78 is 41.0. The fourth-order valence-electron chi connectivity index (χ4n) is 3.48. The second kappa shape index (κ2) is 8.41. The number of halogens is 1. The smallest absolute Gasteiger partial charge is 0.237 e. The van der Waals surface area contributed by atoms with E-state index in [9.17, 15) is 17.6 Å². The van der Waals surface area contributed by atoms with Crippen LogP contribution in [0.4, 0.5) is 4.39 Å². The number of carbonyl (C=O) groups excluding carboxylic acids is 1. The molecular formula is C21H25FN2O3S. The minimum absolute atomic E-state index is 0.0835. The Morgan fingerprint density at radius 1 is 1.14 bits per heavy atom. The maximum atomic E-state index is 14.5. The van der Waals surface area contributed by atoms with Gasteiger partial charge in [0.25, 0.3) is 0 Å². The number of amides is 1. The quantitative estimate of drug-likeness (QED) is 0.776. The van der Waals surface area contributed by atoms with Gasteiger partial charge in [0, 0.05) is 12.1 Å². The molecule has 150 valence electrons. The maximum absolute atomic E-state index is 14.5. The number of benzene rings is 2. The van der Waals surface area contributed by atoms with Crippen molar-refractivity contribution in [2.75, 3.05) is 6.54 Å². The van der Waals surface area contributed by atoms with E-state index >= 15 is 0 Å². The Kier molecular flexibility index (Phi) is 6.15. The van der Waals surface area contributed by atoms with Gasteiger partial charge in [-0.2, -0.15) is 0 Å². The third kappa shape index (κ3) is 4.25. The molecule has 0 aliphatic carbocycles. The third-order valence-electron chi connectivity index (χ3n) is 4.93. The molecule has 1 aliphatic heterocycles. The molecule has 1 aliphatic rings. The predicted octanol–water partition coefficient (Wildman–Crippen LogP) is 2.84. The lowest BCUT2D eigenvalue weighted by Crippen LogP contribution is -2.42. The Labute approximate surface area is 165 Å². The summed E-state index contributed by atoms with van der Waals surface area (Å²) in [6, 6.07) is 12.7. The van der Waals surface area contributed by atoms with Gasteiger partial charge in [-0.25, -0.2) is 12.8 Å². The van der Waals surface area contributed by atoms with E-state index in [2.05, 4.69) is 10.6 Å². The van der Waals surface area contributed by atoms with E-state index < -0.39 is 33.0 Å². The zero-order valence-corrected chi connectivity index (χ0v) is 16.7. The molecule has 0 saturated carbocycles. The van der Waals surface area contributed by atoms with Crippen molar-refractivity contribution in [2.24, 2.45) is 5.92 Å². The summed E-state index contributed by atoms with van der Waals surface area (Å²) in [4.78, 5) is 12.7. The van der Waals surface area contributed by atoms with Crippen molar-refractivity contribution in [3.63, 3.8) is 0 Å². The third-order valence-corrected chi connectivity index (χ3v) is 7.12. The van der Waals surface area contributed by atoms with Crippen molar-refractivity contribution in [1.29, 1.82) is 0 Å². The zero-order valence-electron chi connectivity index (χ0n) is 15.9. The Bertz CT molecular complexity index is 932. The van der Waals surface area contributed by atoms with Gasteiger partial charge in [-0.15, -0.1) is 0 Å². The van der Waals surface area contributed by atoms with Crippen LogP contribution in [0.3, 0.4) is 0 Å². The molecule has 1 heterocycles. The van der Waals surface area contributed by atoms with E-state index in [1.54, 1.807) is 36.4 Å². The molecule has 3 atom stereocenters. The first-order chi connectivity index (χ1) is 13.3. The van der Waals surface area contributed by atoms with Crippen molar-refractivity contribution >= 4 is 15.7 Å². The van der Waals surface area contributed by atoms with E-state index in [0.29, 0.717) is 6.54 Å². The van der Waals surface area contributed by atoms with Gasteiger partial charge in [0.1, 0.15) is 5.82 Å². The van der Waals surface area contributed by atoms with Crippen molar-refractivity contribution in [2.45, 2.75) is 42.5 Å². The van der Waals surface area contributed by atoms with Crippen molar-refractivity contribution in [3.05, 3.63) is 66.0 Å². The van der Waals surface area contributed by atoms with Crippen LogP contribution in [0.25, 0.3) is 0 Å². The zero-order chi connectivity index (χ0) is 20.3. The van der Waals surface area contributed by atoms with Crippen LogP contribution in [-0.4, -0.2) is 32.2 Å². The van der Waals surface area contributed by atoms with Gasteiger partial charge < -0.3 is 5.32 Å². The average molecular weight is 405 g/mol. The SMILES string of the molecule is CC(C)CNC(=O)C1CC(S(=O)(=O)c2ccccc2)C(c2ccccc2F)N1. The molecule has 0 bridgehead atoms. The minimum atomic E-state index is -3.76.